The maximum Gasteiger partial charge on any atom is 0.281 e. The number of hydrogen-bond acceptors (Lipinski definition) is 6. The van der Waals surface area contributed by atoms with Crippen LogP contribution < -0.4 is 10.6 Å². The summed E-state index contributed by atoms with van der Waals surface area (Å²) in [6.45, 7) is 2.43. The third-order valence-electron chi connectivity index (χ3n) is 4.69. The number of rotatable bonds is 4. The van der Waals surface area contributed by atoms with Gasteiger partial charge in [0.1, 0.15) is 17.2 Å². The van der Waals surface area contributed by atoms with Gasteiger partial charge in [-0.3, -0.25) is 4.40 Å². The molecule has 0 saturated carbocycles. The van der Waals surface area contributed by atoms with Gasteiger partial charge in [-0.25, -0.2) is 28.7 Å². The van der Waals surface area contributed by atoms with Crippen molar-refractivity contribution in [2.24, 2.45) is 11.7 Å². The van der Waals surface area contributed by atoms with Crippen LogP contribution >= 0.6 is 0 Å². The molecular formula is C17H19F2N7. The van der Waals surface area contributed by atoms with E-state index >= 15 is 0 Å². The van der Waals surface area contributed by atoms with Crippen LogP contribution in [0.3, 0.4) is 0 Å². The Labute approximate surface area is 148 Å². The van der Waals surface area contributed by atoms with Gasteiger partial charge in [-0.2, -0.15) is 0 Å². The van der Waals surface area contributed by atoms with E-state index < -0.39 is 6.43 Å². The van der Waals surface area contributed by atoms with Crippen LogP contribution in [0.5, 0.6) is 0 Å². The molecule has 4 rings (SSSR count). The largest absolute Gasteiger partial charge is 0.356 e. The maximum absolute atomic E-state index is 13.0. The average molecular weight is 359 g/mol. The van der Waals surface area contributed by atoms with Crippen molar-refractivity contribution in [3.63, 3.8) is 0 Å². The summed E-state index contributed by atoms with van der Waals surface area (Å²) in [5, 5.41) is 0. The molecule has 0 aliphatic carbocycles. The highest BCUT2D eigenvalue weighted by Gasteiger charge is 2.21. The molecule has 3 aromatic rings. The number of hydrogen-bond donors (Lipinski definition) is 1. The summed E-state index contributed by atoms with van der Waals surface area (Å²) in [7, 11) is 0. The van der Waals surface area contributed by atoms with Crippen LogP contribution in [0.25, 0.3) is 17.2 Å². The second-order valence-electron chi connectivity index (χ2n) is 6.41. The number of imidazole rings is 1. The van der Waals surface area contributed by atoms with Gasteiger partial charge in [-0.1, -0.05) is 0 Å². The van der Waals surface area contributed by atoms with Gasteiger partial charge in [0.05, 0.1) is 12.4 Å². The van der Waals surface area contributed by atoms with Crippen molar-refractivity contribution in [3.8, 4) is 11.5 Å². The Morgan fingerprint density at radius 1 is 1.23 bits per heavy atom. The third kappa shape index (κ3) is 3.10. The SMILES string of the molecule is NCC1CCCN(c2ccnc(-c3cnc4cnc(C(F)F)cn34)n2)C1. The number of piperidine rings is 1. The van der Waals surface area contributed by atoms with Crippen molar-refractivity contribution in [3.05, 3.63) is 36.5 Å². The molecule has 136 valence electrons. The fourth-order valence-corrected chi connectivity index (χ4v) is 3.30. The summed E-state index contributed by atoms with van der Waals surface area (Å²) >= 11 is 0. The fourth-order valence-electron chi connectivity index (χ4n) is 3.30. The van der Waals surface area contributed by atoms with Crippen LogP contribution in [-0.4, -0.2) is 44.0 Å². The molecule has 3 aromatic heterocycles. The van der Waals surface area contributed by atoms with Crippen LogP contribution in [-0.2, 0) is 0 Å². The van der Waals surface area contributed by atoms with E-state index in [-0.39, 0.29) is 5.69 Å². The molecular weight excluding hydrogens is 340 g/mol. The van der Waals surface area contributed by atoms with Crippen molar-refractivity contribution in [1.29, 1.82) is 0 Å². The first-order chi connectivity index (χ1) is 12.7. The highest BCUT2D eigenvalue weighted by Crippen LogP contribution is 2.25. The minimum atomic E-state index is -2.65. The predicted octanol–water partition coefficient (Wildman–Crippen LogP) is 2.30. The summed E-state index contributed by atoms with van der Waals surface area (Å²) in [5.41, 5.74) is 6.53. The topological polar surface area (TPSA) is 85.2 Å². The summed E-state index contributed by atoms with van der Waals surface area (Å²) in [6.07, 6.45) is 5.41. The molecule has 0 spiro atoms. The number of alkyl halides is 2. The van der Waals surface area contributed by atoms with Crippen LogP contribution in [0, 0.1) is 5.92 Å². The van der Waals surface area contributed by atoms with E-state index in [1.807, 2.05) is 6.07 Å². The van der Waals surface area contributed by atoms with Gasteiger partial charge in [-0.05, 0) is 31.4 Å². The first-order valence-electron chi connectivity index (χ1n) is 8.55. The lowest BCUT2D eigenvalue weighted by atomic mass is 9.98. The van der Waals surface area contributed by atoms with Crippen molar-refractivity contribution in [2.45, 2.75) is 19.3 Å². The van der Waals surface area contributed by atoms with Crippen molar-refractivity contribution < 1.29 is 8.78 Å². The van der Waals surface area contributed by atoms with E-state index in [1.165, 1.54) is 12.4 Å². The smallest absolute Gasteiger partial charge is 0.281 e. The highest BCUT2D eigenvalue weighted by molar-refractivity contribution is 5.58. The maximum atomic E-state index is 13.0. The van der Waals surface area contributed by atoms with Gasteiger partial charge in [-0.15, -0.1) is 0 Å². The van der Waals surface area contributed by atoms with E-state index in [2.05, 4.69) is 24.8 Å². The number of aromatic nitrogens is 5. The molecule has 1 atom stereocenters. The molecule has 26 heavy (non-hydrogen) atoms. The lowest BCUT2D eigenvalue weighted by Gasteiger charge is -2.33. The Balaban J connectivity index is 1.70. The molecule has 0 amide bonds. The predicted molar refractivity (Wildman–Crippen MR) is 93.0 cm³/mol. The monoisotopic (exact) mass is 359 g/mol. The number of fused-ring (bicyclic) bond motifs is 1. The molecule has 0 aromatic carbocycles. The molecule has 9 heteroatoms. The lowest BCUT2D eigenvalue weighted by Crippen LogP contribution is -2.38. The Bertz CT molecular complexity index is 911. The fraction of sp³-hybridized carbons (Fsp3) is 0.412. The molecule has 1 aliphatic heterocycles. The van der Waals surface area contributed by atoms with Crippen LogP contribution in [0.4, 0.5) is 14.6 Å². The van der Waals surface area contributed by atoms with Gasteiger partial charge in [0.2, 0.25) is 0 Å². The number of halogens is 2. The molecule has 1 fully saturated rings. The minimum absolute atomic E-state index is 0.310. The number of nitrogens with two attached hydrogens (primary N) is 1. The number of anilines is 1. The summed E-state index contributed by atoms with van der Waals surface area (Å²) in [4.78, 5) is 19.1. The number of nitrogens with zero attached hydrogens (tertiary/aromatic N) is 6. The van der Waals surface area contributed by atoms with Crippen LogP contribution in [0.15, 0.2) is 30.9 Å². The Kier molecular flexibility index (Phi) is 4.46. The van der Waals surface area contributed by atoms with E-state index in [0.717, 1.165) is 31.7 Å². The van der Waals surface area contributed by atoms with Crippen molar-refractivity contribution >= 4 is 11.5 Å². The quantitative estimate of drug-likeness (QED) is 0.769. The zero-order valence-corrected chi connectivity index (χ0v) is 14.1. The Hall–Kier alpha value is -2.68. The van der Waals surface area contributed by atoms with Crippen molar-refractivity contribution in [1.82, 2.24) is 24.3 Å². The van der Waals surface area contributed by atoms with Crippen LogP contribution in [0.1, 0.15) is 25.0 Å². The Morgan fingerprint density at radius 2 is 2.12 bits per heavy atom. The third-order valence-corrected chi connectivity index (χ3v) is 4.69. The molecule has 1 unspecified atom stereocenters. The average Bonchev–Trinajstić information content (AvgIpc) is 3.11. The summed E-state index contributed by atoms with van der Waals surface area (Å²) in [5.74, 6) is 1.71. The molecule has 2 N–H and O–H groups in total. The Morgan fingerprint density at radius 3 is 2.92 bits per heavy atom. The summed E-state index contributed by atoms with van der Waals surface area (Å²) in [6, 6.07) is 1.86. The first-order valence-corrected chi connectivity index (χ1v) is 8.55. The molecule has 1 saturated heterocycles. The standard InChI is InChI=1S/C17H19F2N7/c18-16(19)12-10-26-13(7-23-15(26)8-22-12)17-21-4-3-14(24-17)25-5-1-2-11(6-20)9-25/h3-4,7-8,10-11,16H,1-2,5-6,9,20H2. The van der Waals surface area contributed by atoms with Crippen molar-refractivity contribution in [2.75, 3.05) is 24.5 Å². The van der Waals surface area contributed by atoms with Gasteiger partial charge in [0.25, 0.3) is 6.43 Å². The molecule has 7 nitrogen and oxygen atoms in total. The second kappa shape index (κ2) is 6.91. The second-order valence-corrected chi connectivity index (χ2v) is 6.41. The molecule has 0 bridgehead atoms. The molecule has 0 radical (unpaired) electrons. The minimum Gasteiger partial charge on any atom is -0.356 e. The highest BCUT2D eigenvalue weighted by atomic mass is 19.3. The van der Waals surface area contributed by atoms with Gasteiger partial charge < -0.3 is 10.6 Å². The zero-order chi connectivity index (χ0) is 18.1. The molecule has 1 aliphatic rings. The van der Waals surface area contributed by atoms with Gasteiger partial charge in [0, 0.05) is 25.5 Å². The normalized spacial score (nSPS) is 18.0. The van der Waals surface area contributed by atoms with Gasteiger partial charge >= 0.3 is 0 Å². The van der Waals surface area contributed by atoms with Crippen LogP contribution in [0.2, 0.25) is 0 Å². The van der Waals surface area contributed by atoms with Gasteiger partial charge in [0.15, 0.2) is 11.5 Å². The molecule has 4 heterocycles. The lowest BCUT2D eigenvalue weighted by molar-refractivity contribution is 0.145. The first kappa shape index (κ1) is 16.8. The summed E-state index contributed by atoms with van der Waals surface area (Å²) < 4.78 is 27.5. The van der Waals surface area contributed by atoms with E-state index in [0.29, 0.717) is 29.6 Å². The van der Waals surface area contributed by atoms with E-state index in [4.69, 9.17) is 5.73 Å². The van der Waals surface area contributed by atoms with E-state index in [1.54, 1.807) is 16.8 Å². The zero-order valence-electron chi connectivity index (χ0n) is 14.1. The van der Waals surface area contributed by atoms with E-state index in [9.17, 15) is 8.78 Å².